The molecule has 2 heterocycles. The van der Waals surface area contributed by atoms with E-state index >= 15 is 0 Å². The lowest BCUT2D eigenvalue weighted by atomic mass is 9.96. The molecule has 0 aromatic carbocycles. The Kier molecular flexibility index (Phi) is 3.78. The molecule has 2 rings (SSSR count). The molecule has 0 aliphatic carbocycles. The second-order valence-corrected chi connectivity index (χ2v) is 5.07. The molecule has 0 spiro atoms. The Morgan fingerprint density at radius 3 is 2.74 bits per heavy atom. The van der Waals surface area contributed by atoms with Crippen molar-refractivity contribution in [3.63, 3.8) is 0 Å². The Labute approximate surface area is 116 Å². The molecule has 0 aliphatic rings. The molecule has 2 aromatic rings. The third-order valence-electron chi connectivity index (χ3n) is 2.84. The first-order valence-electron chi connectivity index (χ1n) is 5.90. The van der Waals surface area contributed by atoms with Gasteiger partial charge in [0.1, 0.15) is 28.1 Å². The number of hydrogen-bond acceptors (Lipinski definition) is 5. The molecular weight excluding hydrogens is 266 g/mol. The van der Waals surface area contributed by atoms with Gasteiger partial charge >= 0.3 is 0 Å². The zero-order valence-corrected chi connectivity index (χ0v) is 11.8. The van der Waals surface area contributed by atoms with E-state index in [0.29, 0.717) is 16.7 Å². The first kappa shape index (κ1) is 13.8. The Bertz CT molecular complexity index is 581. The molecule has 2 aromatic heterocycles. The highest BCUT2D eigenvalue weighted by molar-refractivity contribution is 6.29. The second-order valence-electron chi connectivity index (χ2n) is 4.68. The lowest BCUT2D eigenvalue weighted by molar-refractivity contribution is 0.0698. The average Bonchev–Trinajstić information content (AvgIpc) is 2.67. The van der Waals surface area contributed by atoms with Crippen LogP contribution in [0.4, 0.5) is 5.82 Å². The van der Waals surface area contributed by atoms with E-state index in [1.807, 2.05) is 19.9 Å². The van der Waals surface area contributed by atoms with E-state index < -0.39 is 5.60 Å². The lowest BCUT2D eigenvalue weighted by Crippen LogP contribution is -2.31. The van der Waals surface area contributed by atoms with Crippen LogP contribution in [0.2, 0.25) is 5.15 Å². The molecule has 0 bridgehead atoms. The van der Waals surface area contributed by atoms with Crippen molar-refractivity contribution in [1.82, 2.24) is 9.97 Å². The largest absolute Gasteiger partial charge is 0.466 e. The Balaban J connectivity index is 2.11. The maximum atomic E-state index is 10.5. The van der Waals surface area contributed by atoms with Crippen molar-refractivity contribution in [2.24, 2.45) is 0 Å². The van der Waals surface area contributed by atoms with Crippen LogP contribution < -0.4 is 5.32 Å². The number of hydrogen-bond donors (Lipinski definition) is 2. The van der Waals surface area contributed by atoms with Crippen LogP contribution in [0, 0.1) is 13.8 Å². The number of anilines is 1. The van der Waals surface area contributed by atoms with Crippen molar-refractivity contribution in [1.29, 1.82) is 0 Å². The molecule has 0 saturated heterocycles. The van der Waals surface area contributed by atoms with Gasteiger partial charge in [-0.3, -0.25) is 4.98 Å². The summed E-state index contributed by atoms with van der Waals surface area (Å²) < 4.78 is 5.44. The van der Waals surface area contributed by atoms with Crippen LogP contribution in [0.25, 0.3) is 0 Å². The van der Waals surface area contributed by atoms with Gasteiger partial charge < -0.3 is 14.8 Å². The quantitative estimate of drug-likeness (QED) is 0.901. The van der Waals surface area contributed by atoms with Gasteiger partial charge in [-0.15, -0.1) is 0 Å². The van der Waals surface area contributed by atoms with Crippen molar-refractivity contribution in [3.8, 4) is 0 Å². The van der Waals surface area contributed by atoms with Gasteiger partial charge in [0.2, 0.25) is 0 Å². The highest BCUT2D eigenvalue weighted by Crippen LogP contribution is 2.27. The first-order chi connectivity index (χ1) is 8.88. The van der Waals surface area contributed by atoms with Crippen LogP contribution >= 0.6 is 11.6 Å². The predicted octanol–water partition coefficient (Wildman–Crippen LogP) is 2.66. The van der Waals surface area contributed by atoms with Gasteiger partial charge in [-0.1, -0.05) is 11.6 Å². The molecule has 0 amide bonds. The van der Waals surface area contributed by atoms with E-state index in [1.165, 1.54) is 6.20 Å². The maximum absolute atomic E-state index is 10.5. The molecule has 5 nitrogen and oxygen atoms in total. The number of rotatable bonds is 4. The van der Waals surface area contributed by atoms with E-state index in [4.69, 9.17) is 16.0 Å². The molecule has 0 fully saturated rings. The third kappa shape index (κ3) is 3.24. The molecule has 0 aliphatic heterocycles. The number of aliphatic hydroxyl groups is 1. The summed E-state index contributed by atoms with van der Waals surface area (Å²) in [6, 6.07) is 1.83. The average molecular weight is 282 g/mol. The predicted molar refractivity (Wildman–Crippen MR) is 73.3 cm³/mol. The number of nitrogens with one attached hydrogen (secondary N) is 1. The molecule has 2 N–H and O–H groups in total. The SMILES string of the molecule is Cc1cc([C@@](C)(O)CNc2cncc(Cl)n2)c(C)o1. The molecule has 0 saturated carbocycles. The summed E-state index contributed by atoms with van der Waals surface area (Å²) in [6.07, 6.45) is 3.00. The highest BCUT2D eigenvalue weighted by atomic mass is 35.5. The van der Waals surface area contributed by atoms with Gasteiger partial charge in [0.25, 0.3) is 0 Å². The zero-order chi connectivity index (χ0) is 14.0. The number of furan rings is 1. The minimum atomic E-state index is -1.06. The summed E-state index contributed by atoms with van der Waals surface area (Å²) >= 11 is 5.75. The Morgan fingerprint density at radius 2 is 2.16 bits per heavy atom. The van der Waals surface area contributed by atoms with Crippen LogP contribution in [0.1, 0.15) is 24.0 Å². The van der Waals surface area contributed by atoms with Gasteiger partial charge in [-0.2, -0.15) is 0 Å². The molecule has 19 heavy (non-hydrogen) atoms. The van der Waals surface area contributed by atoms with Gasteiger partial charge in [0, 0.05) is 12.1 Å². The fourth-order valence-corrected chi connectivity index (χ4v) is 2.10. The molecule has 102 valence electrons. The minimum Gasteiger partial charge on any atom is -0.466 e. The van der Waals surface area contributed by atoms with E-state index in [-0.39, 0.29) is 6.54 Å². The topological polar surface area (TPSA) is 71.2 Å². The van der Waals surface area contributed by atoms with Crippen LogP contribution in [-0.4, -0.2) is 21.6 Å². The fourth-order valence-electron chi connectivity index (χ4n) is 1.95. The van der Waals surface area contributed by atoms with E-state index in [2.05, 4.69) is 15.3 Å². The smallest absolute Gasteiger partial charge is 0.149 e. The summed E-state index contributed by atoms with van der Waals surface area (Å²) in [5, 5.41) is 13.8. The van der Waals surface area contributed by atoms with Gasteiger partial charge in [-0.25, -0.2) is 4.98 Å². The summed E-state index contributed by atoms with van der Waals surface area (Å²) in [7, 11) is 0. The summed E-state index contributed by atoms with van der Waals surface area (Å²) in [5.41, 5.74) is -0.307. The van der Waals surface area contributed by atoms with Crippen LogP contribution in [0.5, 0.6) is 0 Å². The van der Waals surface area contributed by atoms with Crippen LogP contribution in [0.15, 0.2) is 22.9 Å². The molecule has 6 heteroatoms. The fraction of sp³-hybridized carbons (Fsp3) is 0.385. The summed E-state index contributed by atoms with van der Waals surface area (Å²) in [5.74, 6) is 2.00. The molecule has 0 unspecified atom stereocenters. The van der Waals surface area contributed by atoms with Gasteiger partial charge in [-0.05, 0) is 26.8 Å². The van der Waals surface area contributed by atoms with Crippen molar-refractivity contribution in [2.45, 2.75) is 26.4 Å². The third-order valence-corrected chi connectivity index (χ3v) is 3.02. The summed E-state index contributed by atoms with van der Waals surface area (Å²) in [4.78, 5) is 7.98. The van der Waals surface area contributed by atoms with Crippen molar-refractivity contribution >= 4 is 17.4 Å². The second kappa shape index (κ2) is 5.19. The van der Waals surface area contributed by atoms with Crippen molar-refractivity contribution in [3.05, 3.63) is 40.7 Å². The molecule has 1 atom stereocenters. The Hall–Kier alpha value is -1.59. The maximum Gasteiger partial charge on any atom is 0.149 e. The summed E-state index contributed by atoms with van der Waals surface area (Å²) in [6.45, 7) is 5.68. The number of nitrogens with zero attached hydrogens (tertiary/aromatic N) is 2. The number of aryl methyl sites for hydroxylation is 2. The van der Waals surface area contributed by atoms with Crippen molar-refractivity contribution < 1.29 is 9.52 Å². The lowest BCUT2D eigenvalue weighted by Gasteiger charge is -2.23. The molecule has 0 radical (unpaired) electrons. The van der Waals surface area contributed by atoms with E-state index in [9.17, 15) is 5.11 Å². The van der Waals surface area contributed by atoms with Crippen molar-refractivity contribution in [2.75, 3.05) is 11.9 Å². The first-order valence-corrected chi connectivity index (χ1v) is 6.27. The van der Waals surface area contributed by atoms with E-state index in [1.54, 1.807) is 13.1 Å². The van der Waals surface area contributed by atoms with Gasteiger partial charge in [0.05, 0.1) is 12.4 Å². The minimum absolute atomic E-state index is 0.280. The monoisotopic (exact) mass is 281 g/mol. The zero-order valence-electron chi connectivity index (χ0n) is 11.1. The number of aromatic nitrogens is 2. The van der Waals surface area contributed by atoms with Gasteiger partial charge in [0.15, 0.2) is 0 Å². The normalized spacial score (nSPS) is 14.2. The number of halogens is 1. The standard InChI is InChI=1S/C13H16ClN3O2/c1-8-4-10(9(2)19-8)13(3,18)7-16-12-6-15-5-11(14)17-12/h4-6,18H,7H2,1-3H3,(H,16,17)/t13-/m0/s1. The molecular formula is C13H16ClN3O2. The highest BCUT2D eigenvalue weighted by Gasteiger charge is 2.27. The Morgan fingerprint density at radius 1 is 1.42 bits per heavy atom. The van der Waals surface area contributed by atoms with E-state index in [0.717, 1.165) is 11.3 Å². The van der Waals surface area contributed by atoms with Crippen LogP contribution in [-0.2, 0) is 5.60 Å². The van der Waals surface area contributed by atoms with Crippen LogP contribution in [0.3, 0.4) is 0 Å².